The lowest BCUT2D eigenvalue weighted by molar-refractivity contribution is 0.0786. The summed E-state index contributed by atoms with van der Waals surface area (Å²) in [6.45, 7) is 0.297. The normalized spacial score (nSPS) is 12.9. The Bertz CT molecular complexity index is 1300. The van der Waals surface area contributed by atoms with E-state index in [0.717, 1.165) is 28.5 Å². The predicted molar refractivity (Wildman–Crippen MR) is 136 cm³/mol. The first-order valence-corrected chi connectivity index (χ1v) is 12.9. The number of aromatic nitrogens is 2. The molecule has 0 fully saturated rings. The maximum Gasteiger partial charge on any atom is 0.253 e. The number of hydrogen-bond donors (Lipinski definition) is 2. The maximum absolute atomic E-state index is 14.4. The van der Waals surface area contributed by atoms with Crippen LogP contribution in [0.15, 0.2) is 83.3 Å². The van der Waals surface area contributed by atoms with Gasteiger partial charge >= 0.3 is 0 Å². The molecule has 2 N–H and O–H groups in total. The monoisotopic (exact) mass is 544 g/mol. The zero-order chi connectivity index (χ0) is 26.2. The second kappa shape index (κ2) is 12.8. The molecule has 2 atom stereocenters. The zero-order valence-electron chi connectivity index (χ0n) is 19.4. The van der Waals surface area contributed by atoms with Crippen molar-refractivity contribution in [2.75, 3.05) is 6.54 Å². The molecule has 37 heavy (non-hydrogen) atoms. The fraction of sp³-hybridized carbons (Fsp3) is 0.192. The van der Waals surface area contributed by atoms with E-state index in [1.54, 1.807) is 4.31 Å². The fourth-order valence-electron chi connectivity index (χ4n) is 3.59. The molecular formula is C26H23F3N4O2S2. The highest BCUT2D eigenvalue weighted by molar-refractivity contribution is 7.97. The molecule has 2 aromatic heterocycles. The number of hydrogen-bond acceptors (Lipinski definition) is 7. The van der Waals surface area contributed by atoms with Crippen LogP contribution in [0.3, 0.4) is 0 Å². The second-order valence-electron chi connectivity index (χ2n) is 8.16. The Morgan fingerprint density at radius 2 is 1.81 bits per heavy atom. The van der Waals surface area contributed by atoms with Gasteiger partial charge < -0.3 is 10.4 Å². The van der Waals surface area contributed by atoms with E-state index in [0.29, 0.717) is 19.0 Å². The third-order valence-corrected chi connectivity index (χ3v) is 7.34. The Kier molecular flexibility index (Phi) is 9.29. The molecule has 0 saturated carbocycles. The van der Waals surface area contributed by atoms with Crippen molar-refractivity contribution in [1.82, 2.24) is 19.8 Å². The molecule has 0 radical (unpaired) electrons. The van der Waals surface area contributed by atoms with Crippen molar-refractivity contribution in [1.29, 1.82) is 0 Å². The molecule has 2 heterocycles. The third kappa shape index (κ3) is 7.62. The van der Waals surface area contributed by atoms with E-state index in [1.807, 2.05) is 47.8 Å². The highest BCUT2D eigenvalue weighted by Gasteiger charge is 2.26. The van der Waals surface area contributed by atoms with Gasteiger partial charge in [0.25, 0.3) is 5.91 Å². The number of halogens is 3. The summed E-state index contributed by atoms with van der Waals surface area (Å²) in [6, 6.07) is 15.2. The largest absolute Gasteiger partial charge is 0.390 e. The number of nitrogens with zero attached hydrogens (tertiary/aromatic N) is 3. The van der Waals surface area contributed by atoms with Crippen molar-refractivity contribution in [3.8, 4) is 0 Å². The summed E-state index contributed by atoms with van der Waals surface area (Å²) < 4.78 is 43.4. The smallest absolute Gasteiger partial charge is 0.253 e. The predicted octanol–water partition coefficient (Wildman–Crippen LogP) is 4.87. The highest BCUT2D eigenvalue weighted by Crippen LogP contribution is 2.30. The van der Waals surface area contributed by atoms with Crippen molar-refractivity contribution in [3.05, 3.63) is 112 Å². The summed E-state index contributed by atoms with van der Waals surface area (Å²) in [6.07, 6.45) is 1.95. The van der Waals surface area contributed by atoms with Gasteiger partial charge in [0.05, 0.1) is 35.0 Å². The van der Waals surface area contributed by atoms with Gasteiger partial charge in [-0.3, -0.25) is 4.79 Å². The molecule has 0 bridgehead atoms. The lowest BCUT2D eigenvalue weighted by Crippen LogP contribution is -2.48. The molecule has 0 aliphatic carbocycles. The van der Waals surface area contributed by atoms with Crippen LogP contribution in [0.2, 0.25) is 0 Å². The number of carbonyl (C=O) groups excluding carboxylic acids is 1. The molecule has 1 amide bonds. The average molecular weight is 545 g/mol. The number of carbonyl (C=O) groups is 1. The number of aliphatic hydroxyl groups excluding tert-OH is 1. The minimum absolute atomic E-state index is 0.00657. The first kappa shape index (κ1) is 26.8. The highest BCUT2D eigenvalue weighted by atomic mass is 32.2. The van der Waals surface area contributed by atoms with Crippen molar-refractivity contribution >= 4 is 29.2 Å². The Hall–Kier alpha value is -3.25. The van der Waals surface area contributed by atoms with E-state index in [4.69, 9.17) is 0 Å². The number of nitrogens with one attached hydrogen (secondary N) is 1. The van der Waals surface area contributed by atoms with E-state index < -0.39 is 35.5 Å². The zero-order valence-corrected chi connectivity index (χ0v) is 21.1. The molecule has 4 rings (SSSR count). The molecule has 0 saturated heterocycles. The topological polar surface area (TPSA) is 78.4 Å². The second-order valence-corrected chi connectivity index (χ2v) is 10.3. The molecule has 0 spiro atoms. The van der Waals surface area contributed by atoms with Crippen LogP contribution in [-0.4, -0.2) is 44.2 Å². The summed E-state index contributed by atoms with van der Waals surface area (Å²) in [5, 5.41) is 23.4. The molecule has 4 aromatic rings. The number of aliphatic hydroxyl groups is 1. The fourth-order valence-corrected chi connectivity index (χ4v) is 5.40. The number of amides is 1. The number of benzene rings is 2. The Labute approximate surface area is 220 Å². The van der Waals surface area contributed by atoms with E-state index in [-0.39, 0.29) is 17.0 Å². The molecule has 2 unspecified atom stereocenters. The van der Waals surface area contributed by atoms with Gasteiger partial charge in [0.2, 0.25) is 0 Å². The number of rotatable bonds is 11. The van der Waals surface area contributed by atoms with Crippen molar-refractivity contribution in [3.63, 3.8) is 0 Å². The Morgan fingerprint density at radius 1 is 1.03 bits per heavy atom. The van der Waals surface area contributed by atoms with E-state index in [9.17, 15) is 23.1 Å². The van der Waals surface area contributed by atoms with Crippen LogP contribution in [-0.2, 0) is 13.0 Å². The first-order chi connectivity index (χ1) is 17.9. The molecule has 6 nitrogen and oxygen atoms in total. The van der Waals surface area contributed by atoms with Crippen LogP contribution in [0.1, 0.15) is 20.8 Å². The standard InChI is InChI=1S/C26H23F3N4O2S2/c27-20-12-22(29)25(13-21(20)28)37-33(15-19-7-4-10-36-19)16-24(34)23(11-17-5-2-1-3-6-17)32-26(35)18-8-9-30-31-14-18/h1-10,12-14,23-24,34H,11,15-16H2,(H,32,35). The lowest BCUT2D eigenvalue weighted by atomic mass is 10.0. The molecule has 2 aromatic carbocycles. The van der Waals surface area contributed by atoms with Gasteiger partial charge in [0.15, 0.2) is 11.6 Å². The van der Waals surface area contributed by atoms with Crippen molar-refractivity contribution < 1.29 is 23.1 Å². The summed E-state index contributed by atoms with van der Waals surface area (Å²) in [7, 11) is 0. The first-order valence-electron chi connectivity index (χ1n) is 11.3. The van der Waals surface area contributed by atoms with E-state index in [1.165, 1.54) is 29.8 Å². The number of thiophene rings is 1. The van der Waals surface area contributed by atoms with Crippen LogP contribution in [0.4, 0.5) is 13.2 Å². The minimum atomic E-state index is -1.28. The summed E-state index contributed by atoms with van der Waals surface area (Å²) in [4.78, 5) is 13.7. The summed E-state index contributed by atoms with van der Waals surface area (Å²) in [5.41, 5.74) is 1.18. The molecule has 192 valence electrons. The van der Waals surface area contributed by atoms with Gasteiger partial charge in [-0.2, -0.15) is 10.2 Å². The molecular weight excluding hydrogens is 521 g/mol. The van der Waals surface area contributed by atoms with E-state index >= 15 is 0 Å². The Morgan fingerprint density at radius 3 is 2.51 bits per heavy atom. The van der Waals surface area contributed by atoms with Gasteiger partial charge in [0.1, 0.15) is 5.82 Å². The quantitative estimate of drug-likeness (QED) is 0.207. The van der Waals surface area contributed by atoms with E-state index in [2.05, 4.69) is 15.5 Å². The van der Waals surface area contributed by atoms with Crippen LogP contribution < -0.4 is 5.32 Å². The van der Waals surface area contributed by atoms with Gasteiger partial charge in [-0.15, -0.1) is 11.3 Å². The van der Waals surface area contributed by atoms with Gasteiger partial charge in [-0.1, -0.05) is 36.4 Å². The van der Waals surface area contributed by atoms with Gasteiger partial charge in [0, 0.05) is 24.0 Å². The van der Waals surface area contributed by atoms with Crippen LogP contribution in [0, 0.1) is 17.5 Å². The summed E-state index contributed by atoms with van der Waals surface area (Å²) >= 11 is 2.34. The average Bonchev–Trinajstić information content (AvgIpc) is 3.41. The van der Waals surface area contributed by atoms with Crippen LogP contribution in [0.5, 0.6) is 0 Å². The molecule has 0 aliphatic rings. The molecule has 0 aliphatic heterocycles. The van der Waals surface area contributed by atoms with Crippen molar-refractivity contribution in [2.45, 2.75) is 30.0 Å². The molecule has 11 heteroatoms. The SMILES string of the molecule is O=C(NC(Cc1ccccc1)C(O)CN(Cc1cccs1)Sc1cc(F)c(F)cc1F)c1ccnnc1. The van der Waals surface area contributed by atoms with Crippen molar-refractivity contribution in [2.24, 2.45) is 0 Å². The minimum Gasteiger partial charge on any atom is -0.390 e. The van der Waals surface area contributed by atoms with Crippen LogP contribution >= 0.6 is 23.3 Å². The van der Waals surface area contributed by atoms with Crippen LogP contribution in [0.25, 0.3) is 0 Å². The lowest BCUT2D eigenvalue weighted by Gasteiger charge is -2.29. The third-order valence-electron chi connectivity index (χ3n) is 5.43. The summed E-state index contributed by atoms with van der Waals surface area (Å²) in [5.74, 6) is -3.78. The Balaban J connectivity index is 1.56. The maximum atomic E-state index is 14.4. The van der Waals surface area contributed by atoms with Gasteiger partial charge in [-0.25, -0.2) is 17.5 Å². The van der Waals surface area contributed by atoms with Gasteiger partial charge in [-0.05, 0) is 47.5 Å².